The van der Waals surface area contributed by atoms with Crippen LogP contribution in [-0.2, 0) is 16.0 Å². The minimum atomic E-state index is -5.63. The van der Waals surface area contributed by atoms with Gasteiger partial charge >= 0.3 is 18.1 Å². The Morgan fingerprint density at radius 1 is 1.30 bits per heavy atom. The van der Waals surface area contributed by atoms with Gasteiger partial charge in [0, 0.05) is 19.5 Å². The third-order valence-electron chi connectivity index (χ3n) is 4.31. The zero-order valence-electron chi connectivity index (χ0n) is 14.5. The van der Waals surface area contributed by atoms with E-state index in [1.54, 1.807) is 11.8 Å². The van der Waals surface area contributed by atoms with Crippen LogP contribution in [0.2, 0.25) is 5.15 Å². The molecule has 0 radical (unpaired) electrons. The highest BCUT2D eigenvalue weighted by Gasteiger charge is 2.56. The van der Waals surface area contributed by atoms with Crippen molar-refractivity contribution < 1.29 is 31.5 Å². The monoisotopic (exact) mass is 415 g/mol. The SMILES string of the molecule is CCOC(=O)C1CCN(c2cnc(Cl)c(CCC(F)(F)C(F)(F)F)n2)CC1. The average molecular weight is 416 g/mol. The molecule has 0 atom stereocenters. The number of aryl methyl sites for hydroxylation is 1. The fourth-order valence-corrected chi connectivity index (χ4v) is 2.92. The van der Waals surface area contributed by atoms with E-state index in [9.17, 15) is 26.7 Å². The lowest BCUT2D eigenvalue weighted by Crippen LogP contribution is -2.38. The summed E-state index contributed by atoms with van der Waals surface area (Å²) >= 11 is 5.80. The maximum atomic E-state index is 13.1. The summed E-state index contributed by atoms with van der Waals surface area (Å²) in [4.78, 5) is 21.5. The van der Waals surface area contributed by atoms with E-state index in [1.165, 1.54) is 6.20 Å². The van der Waals surface area contributed by atoms with E-state index in [0.717, 1.165) is 0 Å². The van der Waals surface area contributed by atoms with Crippen LogP contribution in [0.25, 0.3) is 0 Å². The molecule has 5 nitrogen and oxygen atoms in total. The molecule has 0 bridgehead atoms. The number of hydrogen-bond acceptors (Lipinski definition) is 5. The maximum Gasteiger partial charge on any atom is 0.453 e. The molecule has 1 saturated heterocycles. The highest BCUT2D eigenvalue weighted by Crippen LogP contribution is 2.39. The Labute approximate surface area is 157 Å². The van der Waals surface area contributed by atoms with Crippen LogP contribution >= 0.6 is 11.6 Å². The molecule has 0 amide bonds. The molecule has 1 aliphatic heterocycles. The first-order chi connectivity index (χ1) is 12.5. The van der Waals surface area contributed by atoms with Crippen LogP contribution in [0, 0.1) is 5.92 Å². The summed E-state index contributed by atoms with van der Waals surface area (Å²) in [5.41, 5.74) is -0.120. The zero-order valence-corrected chi connectivity index (χ0v) is 15.3. The molecule has 1 aromatic heterocycles. The molecule has 2 rings (SSSR count). The second kappa shape index (κ2) is 8.53. The van der Waals surface area contributed by atoms with Crippen LogP contribution in [0.4, 0.5) is 27.8 Å². The van der Waals surface area contributed by atoms with Crippen LogP contribution in [0.1, 0.15) is 31.9 Å². The zero-order chi connectivity index (χ0) is 20.2. The number of piperidine rings is 1. The number of carbonyl (C=O) groups is 1. The molecular formula is C16H19ClF5N3O2. The van der Waals surface area contributed by atoms with Gasteiger partial charge in [0.1, 0.15) is 5.82 Å². The fourth-order valence-electron chi connectivity index (χ4n) is 2.74. The Balaban J connectivity index is 2.02. The first-order valence-corrected chi connectivity index (χ1v) is 8.80. The van der Waals surface area contributed by atoms with Gasteiger partial charge in [-0.1, -0.05) is 11.6 Å². The first-order valence-electron chi connectivity index (χ1n) is 8.42. The Morgan fingerprint density at radius 2 is 1.93 bits per heavy atom. The smallest absolute Gasteiger partial charge is 0.453 e. The topological polar surface area (TPSA) is 55.3 Å². The molecule has 0 unspecified atom stereocenters. The normalized spacial score (nSPS) is 16.5. The number of carbonyl (C=O) groups excluding carboxylic acids is 1. The lowest BCUT2D eigenvalue weighted by atomic mass is 9.97. The van der Waals surface area contributed by atoms with Crippen LogP contribution < -0.4 is 4.90 Å². The molecule has 1 aromatic rings. The maximum absolute atomic E-state index is 13.1. The van der Waals surface area contributed by atoms with E-state index in [0.29, 0.717) is 38.4 Å². The Hall–Kier alpha value is -1.71. The van der Waals surface area contributed by atoms with Crippen LogP contribution in [0.15, 0.2) is 6.20 Å². The highest BCUT2D eigenvalue weighted by atomic mass is 35.5. The van der Waals surface area contributed by atoms with Gasteiger partial charge in [0.05, 0.1) is 24.4 Å². The van der Waals surface area contributed by atoms with Gasteiger partial charge in [0.2, 0.25) is 0 Å². The van der Waals surface area contributed by atoms with Crippen LogP contribution in [0.5, 0.6) is 0 Å². The van der Waals surface area contributed by atoms with E-state index in [1.807, 2.05) is 0 Å². The molecular weight excluding hydrogens is 397 g/mol. The summed E-state index contributed by atoms with van der Waals surface area (Å²) in [5.74, 6) is -5.00. The minimum Gasteiger partial charge on any atom is -0.466 e. The van der Waals surface area contributed by atoms with E-state index >= 15 is 0 Å². The number of esters is 1. The second-order valence-electron chi connectivity index (χ2n) is 6.18. The predicted octanol–water partition coefficient (Wildman–Crippen LogP) is 4.04. The molecule has 11 heteroatoms. The molecule has 0 spiro atoms. The third-order valence-corrected chi connectivity index (χ3v) is 4.63. The molecule has 1 fully saturated rings. The number of alkyl halides is 5. The Kier molecular flexibility index (Phi) is 6.82. The van der Waals surface area contributed by atoms with Gasteiger partial charge in [-0.05, 0) is 26.2 Å². The van der Waals surface area contributed by atoms with Gasteiger partial charge in [-0.3, -0.25) is 4.79 Å². The van der Waals surface area contributed by atoms with Crippen molar-refractivity contribution in [3.05, 3.63) is 17.0 Å². The lowest BCUT2D eigenvalue weighted by molar-refractivity contribution is -0.284. The summed E-state index contributed by atoms with van der Waals surface area (Å²) in [6.45, 7) is 2.93. The van der Waals surface area contributed by atoms with E-state index in [-0.39, 0.29) is 22.7 Å². The van der Waals surface area contributed by atoms with Gasteiger partial charge in [0.25, 0.3) is 0 Å². The number of hydrogen-bond donors (Lipinski definition) is 0. The number of rotatable bonds is 6. The summed E-state index contributed by atoms with van der Waals surface area (Å²) in [6, 6.07) is 0. The minimum absolute atomic E-state index is 0.120. The summed E-state index contributed by atoms with van der Waals surface area (Å²) in [7, 11) is 0. The lowest BCUT2D eigenvalue weighted by Gasteiger charge is -2.31. The number of ether oxygens (including phenoxy) is 1. The summed E-state index contributed by atoms with van der Waals surface area (Å²) in [6.07, 6.45) is -5.38. The third kappa shape index (κ3) is 5.40. The van der Waals surface area contributed by atoms with Gasteiger partial charge in [0.15, 0.2) is 5.15 Å². The van der Waals surface area contributed by atoms with Crippen molar-refractivity contribution in [1.82, 2.24) is 9.97 Å². The highest BCUT2D eigenvalue weighted by molar-refractivity contribution is 6.30. The number of nitrogens with zero attached hydrogens (tertiary/aromatic N) is 3. The van der Waals surface area contributed by atoms with E-state index in [2.05, 4.69) is 9.97 Å². The van der Waals surface area contributed by atoms with Crippen molar-refractivity contribution in [2.45, 2.75) is 44.7 Å². The molecule has 152 valence electrons. The molecule has 1 aliphatic rings. The molecule has 0 aliphatic carbocycles. The van der Waals surface area contributed by atoms with Gasteiger partial charge < -0.3 is 9.64 Å². The van der Waals surface area contributed by atoms with Crippen molar-refractivity contribution in [1.29, 1.82) is 0 Å². The van der Waals surface area contributed by atoms with Gasteiger partial charge in [-0.25, -0.2) is 9.97 Å². The standard InChI is InChI=1S/C16H19ClF5N3O2/c1-2-27-14(26)10-4-7-25(8-5-10)12-9-23-13(17)11(24-12)3-6-15(18,19)16(20,21)22/h9-10H,2-8H2,1H3. The van der Waals surface area contributed by atoms with Crippen molar-refractivity contribution in [2.75, 3.05) is 24.6 Å². The quantitative estimate of drug-likeness (QED) is 0.518. The summed E-state index contributed by atoms with van der Waals surface area (Å²) < 4.78 is 68.1. The first kappa shape index (κ1) is 21.6. The predicted molar refractivity (Wildman–Crippen MR) is 87.9 cm³/mol. The molecule has 27 heavy (non-hydrogen) atoms. The van der Waals surface area contributed by atoms with E-state index in [4.69, 9.17) is 16.3 Å². The van der Waals surface area contributed by atoms with Crippen molar-refractivity contribution in [3.63, 3.8) is 0 Å². The largest absolute Gasteiger partial charge is 0.466 e. The number of anilines is 1. The van der Waals surface area contributed by atoms with Crippen LogP contribution in [-0.4, -0.2) is 47.7 Å². The Morgan fingerprint density at radius 3 is 2.48 bits per heavy atom. The second-order valence-corrected chi connectivity index (χ2v) is 6.54. The molecule has 0 N–H and O–H groups in total. The van der Waals surface area contributed by atoms with Crippen molar-refractivity contribution in [3.8, 4) is 0 Å². The van der Waals surface area contributed by atoms with E-state index < -0.39 is 24.9 Å². The van der Waals surface area contributed by atoms with Crippen molar-refractivity contribution >= 4 is 23.4 Å². The fraction of sp³-hybridized carbons (Fsp3) is 0.688. The summed E-state index contributed by atoms with van der Waals surface area (Å²) in [5, 5.41) is -0.210. The average Bonchev–Trinajstić information content (AvgIpc) is 2.60. The van der Waals surface area contributed by atoms with Gasteiger partial charge in [-0.15, -0.1) is 0 Å². The number of halogens is 6. The molecule has 0 aromatic carbocycles. The molecule has 0 saturated carbocycles. The Bertz CT molecular complexity index is 664. The number of aromatic nitrogens is 2. The van der Waals surface area contributed by atoms with Crippen LogP contribution in [0.3, 0.4) is 0 Å². The van der Waals surface area contributed by atoms with Crippen molar-refractivity contribution in [2.24, 2.45) is 5.92 Å². The van der Waals surface area contributed by atoms with Gasteiger partial charge in [-0.2, -0.15) is 22.0 Å². The molecule has 2 heterocycles.